The average molecular weight is 586 g/mol. The Balaban J connectivity index is 1.17. The largest absolute Gasteiger partial charge is 0.460 e. The zero-order valence-electron chi connectivity index (χ0n) is 23.0. The van der Waals surface area contributed by atoms with Crippen LogP contribution in [0.5, 0.6) is 0 Å². The second-order valence-corrected chi connectivity index (χ2v) is 9.00. The van der Waals surface area contributed by atoms with E-state index in [0.717, 1.165) is 38.0 Å². The highest BCUT2D eigenvalue weighted by molar-refractivity contribution is 5.96. The van der Waals surface area contributed by atoms with E-state index < -0.39 is 17.7 Å². The predicted molar refractivity (Wildman–Crippen MR) is 144 cm³/mol. The summed E-state index contributed by atoms with van der Waals surface area (Å²) in [6, 6.07) is 11.2. The van der Waals surface area contributed by atoms with Crippen LogP contribution in [0.4, 0.5) is 24.5 Å². The monoisotopic (exact) mass is 585 g/mol. The van der Waals surface area contributed by atoms with Crippen molar-refractivity contribution < 1.29 is 51.1 Å². The van der Waals surface area contributed by atoms with Gasteiger partial charge < -0.3 is 38.5 Å². The molecule has 0 aliphatic carbocycles. The smallest absolute Gasteiger partial charge is 0.416 e. The summed E-state index contributed by atoms with van der Waals surface area (Å²) in [5, 5.41) is 2.86. The molecular formula is C29H38F3NO8. The van der Waals surface area contributed by atoms with Gasteiger partial charge in [0.25, 0.3) is 0 Å². The second kappa shape index (κ2) is 18.6. The summed E-state index contributed by atoms with van der Waals surface area (Å²) in [6.07, 6.45) is -1.40. The van der Waals surface area contributed by atoms with Gasteiger partial charge in [-0.15, -0.1) is 0 Å². The number of anilines is 2. The highest BCUT2D eigenvalue weighted by Gasteiger charge is 2.30. The Bertz CT molecular complexity index is 1020. The quantitative estimate of drug-likeness (QED) is 0.176. The van der Waals surface area contributed by atoms with Gasteiger partial charge in [0.2, 0.25) is 0 Å². The van der Waals surface area contributed by atoms with Crippen molar-refractivity contribution in [1.29, 1.82) is 0 Å². The second-order valence-electron chi connectivity index (χ2n) is 9.00. The molecule has 0 bridgehead atoms. The summed E-state index contributed by atoms with van der Waals surface area (Å²) in [5.41, 5.74) is -0.0587. The lowest BCUT2D eigenvalue weighted by Crippen LogP contribution is -2.24. The first-order valence-electron chi connectivity index (χ1n) is 13.7. The molecule has 0 amide bonds. The molecule has 0 aromatic heterocycles. The fourth-order valence-corrected chi connectivity index (χ4v) is 3.81. The molecule has 2 aromatic carbocycles. The Kier molecular flexibility index (Phi) is 14.9. The molecule has 0 saturated carbocycles. The number of hydrogen-bond donors (Lipinski definition) is 1. The number of hydrogen-bond acceptors (Lipinski definition) is 9. The lowest BCUT2D eigenvalue weighted by atomic mass is 10.1. The molecule has 0 radical (unpaired) electrons. The van der Waals surface area contributed by atoms with Crippen LogP contribution in [-0.4, -0.2) is 84.9 Å². The maximum Gasteiger partial charge on any atom is 0.416 e. The maximum absolute atomic E-state index is 13.0. The van der Waals surface area contributed by atoms with Crippen molar-refractivity contribution in [2.24, 2.45) is 0 Å². The number of alkyl halides is 3. The topological polar surface area (TPSA) is 93.7 Å². The molecule has 1 N–H and O–H groups in total. The zero-order chi connectivity index (χ0) is 29.2. The summed E-state index contributed by atoms with van der Waals surface area (Å²) in [6.45, 7) is 4.40. The van der Waals surface area contributed by atoms with E-state index in [1.54, 1.807) is 18.2 Å². The molecule has 1 aliphatic rings. The van der Waals surface area contributed by atoms with Gasteiger partial charge in [-0.2, -0.15) is 13.2 Å². The van der Waals surface area contributed by atoms with Crippen molar-refractivity contribution >= 4 is 17.3 Å². The summed E-state index contributed by atoms with van der Waals surface area (Å²) >= 11 is 0. The third kappa shape index (κ3) is 13.2. The van der Waals surface area contributed by atoms with Crippen LogP contribution < -0.4 is 5.32 Å². The highest BCUT2D eigenvalue weighted by Crippen LogP contribution is 2.32. The Morgan fingerprint density at radius 2 is 1.44 bits per heavy atom. The summed E-state index contributed by atoms with van der Waals surface area (Å²) in [4.78, 5) is 12.5. The minimum absolute atomic E-state index is 0.0125. The van der Waals surface area contributed by atoms with Crippen molar-refractivity contribution in [3.05, 3.63) is 59.7 Å². The van der Waals surface area contributed by atoms with Crippen molar-refractivity contribution in [2.45, 2.75) is 31.7 Å². The number of carbonyl (C=O) groups excluding carboxylic acids is 1. The van der Waals surface area contributed by atoms with Gasteiger partial charge in [-0.05, 0) is 49.6 Å². The molecule has 1 fully saturated rings. The molecule has 12 heteroatoms. The average Bonchev–Trinajstić information content (AvgIpc) is 2.97. The number of carbonyl (C=O) groups is 1. The number of nitrogens with one attached hydrogen (secondary N) is 1. The first-order chi connectivity index (χ1) is 19.9. The van der Waals surface area contributed by atoms with Crippen LogP contribution in [0.25, 0.3) is 0 Å². The molecule has 0 spiro atoms. The minimum Gasteiger partial charge on any atom is -0.460 e. The Hall–Kier alpha value is -2.74. The van der Waals surface area contributed by atoms with Gasteiger partial charge in [0.05, 0.1) is 76.3 Å². The van der Waals surface area contributed by atoms with Crippen molar-refractivity contribution in [1.82, 2.24) is 0 Å². The van der Waals surface area contributed by atoms with E-state index >= 15 is 0 Å². The summed E-state index contributed by atoms with van der Waals surface area (Å²) in [7, 11) is 0. The molecule has 2 aromatic rings. The lowest BCUT2D eigenvalue weighted by molar-refractivity contribution is -0.169. The first-order valence-corrected chi connectivity index (χ1v) is 13.7. The normalized spacial score (nSPS) is 15.5. The molecule has 1 saturated heterocycles. The molecule has 9 nitrogen and oxygen atoms in total. The van der Waals surface area contributed by atoms with Gasteiger partial charge >= 0.3 is 12.1 Å². The van der Waals surface area contributed by atoms with Crippen LogP contribution in [0.3, 0.4) is 0 Å². The molecule has 41 heavy (non-hydrogen) atoms. The molecule has 1 aliphatic heterocycles. The number of para-hydroxylation sites is 1. The van der Waals surface area contributed by atoms with Crippen molar-refractivity contribution in [3.63, 3.8) is 0 Å². The third-order valence-corrected chi connectivity index (χ3v) is 5.86. The molecule has 1 heterocycles. The SMILES string of the molecule is O=C(OCCOCCOCCOCCOCCOC1CCCCO1)c1ccccc1Nc1cccc(C(F)(F)F)c1. The maximum atomic E-state index is 13.0. The molecule has 1 unspecified atom stereocenters. The Labute approximate surface area is 238 Å². The molecule has 3 rings (SSSR count). The first kappa shape index (κ1) is 32.8. The van der Waals surface area contributed by atoms with E-state index in [2.05, 4.69) is 5.32 Å². The van der Waals surface area contributed by atoms with Crippen molar-refractivity contribution in [2.75, 3.05) is 78.0 Å². The summed E-state index contributed by atoms with van der Waals surface area (Å²) < 4.78 is 77.1. The van der Waals surface area contributed by atoms with Crippen LogP contribution in [0.15, 0.2) is 48.5 Å². The van der Waals surface area contributed by atoms with Gasteiger partial charge in [0, 0.05) is 12.3 Å². The van der Waals surface area contributed by atoms with E-state index in [0.29, 0.717) is 58.5 Å². The fourth-order valence-electron chi connectivity index (χ4n) is 3.81. The number of halogens is 3. The van der Waals surface area contributed by atoms with Gasteiger partial charge in [0.1, 0.15) is 6.61 Å². The lowest BCUT2D eigenvalue weighted by Gasteiger charge is -2.22. The van der Waals surface area contributed by atoms with Crippen LogP contribution in [0, 0.1) is 0 Å². The van der Waals surface area contributed by atoms with E-state index in [4.69, 9.17) is 33.2 Å². The third-order valence-electron chi connectivity index (χ3n) is 5.86. The van der Waals surface area contributed by atoms with Gasteiger partial charge in [-0.25, -0.2) is 4.79 Å². The van der Waals surface area contributed by atoms with Gasteiger partial charge in [-0.1, -0.05) is 18.2 Å². The highest BCUT2D eigenvalue weighted by atomic mass is 19.4. The van der Waals surface area contributed by atoms with Crippen LogP contribution >= 0.6 is 0 Å². The van der Waals surface area contributed by atoms with Crippen LogP contribution in [0.1, 0.15) is 35.2 Å². The van der Waals surface area contributed by atoms with Gasteiger partial charge in [-0.3, -0.25) is 0 Å². The van der Waals surface area contributed by atoms with E-state index in [9.17, 15) is 18.0 Å². The predicted octanol–water partition coefficient (Wildman–Crippen LogP) is 5.22. The van der Waals surface area contributed by atoms with Gasteiger partial charge in [0.15, 0.2) is 6.29 Å². The zero-order valence-corrected chi connectivity index (χ0v) is 23.0. The number of rotatable bonds is 19. The van der Waals surface area contributed by atoms with E-state index in [1.165, 1.54) is 18.2 Å². The summed E-state index contributed by atoms with van der Waals surface area (Å²) in [5.74, 6) is -0.619. The fraction of sp³-hybridized carbons (Fsp3) is 0.552. The van der Waals surface area contributed by atoms with E-state index in [-0.39, 0.29) is 30.8 Å². The Morgan fingerprint density at radius 1 is 0.805 bits per heavy atom. The minimum atomic E-state index is -4.47. The molecule has 228 valence electrons. The Morgan fingerprint density at radius 3 is 2.07 bits per heavy atom. The number of esters is 1. The van der Waals surface area contributed by atoms with Crippen LogP contribution in [0.2, 0.25) is 0 Å². The molecular weight excluding hydrogens is 547 g/mol. The van der Waals surface area contributed by atoms with E-state index in [1.807, 2.05) is 0 Å². The number of benzene rings is 2. The van der Waals surface area contributed by atoms with Crippen molar-refractivity contribution in [3.8, 4) is 0 Å². The van der Waals surface area contributed by atoms with Crippen LogP contribution in [-0.2, 0) is 39.3 Å². The number of ether oxygens (including phenoxy) is 7. The molecule has 1 atom stereocenters. The standard InChI is InChI=1S/C29H38F3NO8/c30-29(31,32)23-6-5-7-24(22-23)33-26-9-2-1-8-25(26)28(34)41-21-19-38-17-15-36-13-12-35-14-16-37-18-20-40-27-10-3-4-11-39-27/h1-2,5-9,22,27,33H,3-4,10-21H2.